The second-order valence-corrected chi connectivity index (χ2v) is 9.52. The lowest BCUT2D eigenvalue weighted by molar-refractivity contribution is -0.115. The number of carbonyl (C=O) groups is 2. The molecule has 0 spiro atoms. The van der Waals surface area contributed by atoms with E-state index in [0.29, 0.717) is 28.8 Å². The molecular weight excluding hydrogens is 467 g/mol. The molecule has 35 heavy (non-hydrogen) atoms. The first kappa shape index (κ1) is 26.4. The van der Waals surface area contributed by atoms with Crippen LogP contribution in [0.1, 0.15) is 62.6 Å². The molecule has 186 valence electrons. The monoisotopic (exact) mass is 498 g/mol. The highest BCUT2D eigenvalue weighted by Crippen LogP contribution is 2.25. The maximum Gasteiger partial charge on any atom is 0.237 e. The van der Waals surface area contributed by atoms with Crippen molar-refractivity contribution in [1.82, 2.24) is 14.8 Å². The van der Waals surface area contributed by atoms with E-state index < -0.39 is 11.1 Å². The predicted octanol–water partition coefficient (Wildman–Crippen LogP) is 5.90. The first-order chi connectivity index (χ1) is 16.9. The van der Waals surface area contributed by atoms with Crippen LogP contribution in [-0.2, 0) is 17.9 Å². The smallest absolute Gasteiger partial charge is 0.237 e. The highest BCUT2D eigenvalue weighted by atomic mass is 32.2. The molecule has 1 N–H and O–H groups in total. The maximum absolute atomic E-state index is 14.0. The summed E-state index contributed by atoms with van der Waals surface area (Å²) in [6.07, 6.45) is 4.25. The summed E-state index contributed by atoms with van der Waals surface area (Å²) in [5, 5.41) is 11.6. The Morgan fingerprint density at radius 1 is 1.11 bits per heavy atom. The van der Waals surface area contributed by atoms with Crippen molar-refractivity contribution in [2.45, 2.75) is 70.0 Å². The third kappa shape index (κ3) is 7.65. The van der Waals surface area contributed by atoms with E-state index >= 15 is 0 Å². The largest absolute Gasteiger partial charge is 0.483 e. The first-order valence-electron chi connectivity index (χ1n) is 11.8. The van der Waals surface area contributed by atoms with Gasteiger partial charge in [0.1, 0.15) is 6.61 Å². The third-order valence-electron chi connectivity index (χ3n) is 5.41. The van der Waals surface area contributed by atoms with E-state index in [2.05, 4.69) is 22.4 Å². The number of rotatable bonds is 13. The zero-order chi connectivity index (χ0) is 25.2. The van der Waals surface area contributed by atoms with Crippen LogP contribution in [0.2, 0.25) is 0 Å². The van der Waals surface area contributed by atoms with E-state index in [1.54, 1.807) is 49.4 Å². The van der Waals surface area contributed by atoms with Crippen LogP contribution >= 0.6 is 11.8 Å². The van der Waals surface area contributed by atoms with Crippen molar-refractivity contribution in [1.29, 1.82) is 0 Å². The van der Waals surface area contributed by atoms with Crippen LogP contribution in [0.4, 0.5) is 10.1 Å². The molecule has 0 aliphatic rings. The highest BCUT2D eigenvalue weighted by molar-refractivity contribution is 8.00. The van der Waals surface area contributed by atoms with Gasteiger partial charge in [0, 0.05) is 17.8 Å². The zero-order valence-corrected chi connectivity index (χ0v) is 21.1. The van der Waals surface area contributed by atoms with Gasteiger partial charge in [-0.25, -0.2) is 4.39 Å². The number of aromatic nitrogens is 3. The number of nitrogens with zero attached hydrogens (tertiary/aromatic N) is 3. The Labute approximate surface area is 209 Å². The van der Waals surface area contributed by atoms with E-state index in [4.69, 9.17) is 4.74 Å². The molecule has 0 bridgehead atoms. The fraction of sp³-hybridized carbons (Fsp3) is 0.385. The van der Waals surface area contributed by atoms with Crippen molar-refractivity contribution in [2.75, 3.05) is 5.32 Å². The average Bonchev–Trinajstić information content (AvgIpc) is 3.22. The highest BCUT2D eigenvalue weighted by Gasteiger charge is 2.21. The van der Waals surface area contributed by atoms with Crippen molar-refractivity contribution in [2.24, 2.45) is 0 Å². The normalized spacial score (nSPS) is 11.8. The molecule has 3 rings (SSSR count). The van der Waals surface area contributed by atoms with Gasteiger partial charge in [0.05, 0.1) is 5.25 Å². The second kappa shape index (κ2) is 13.0. The molecule has 0 saturated heterocycles. The maximum atomic E-state index is 14.0. The zero-order valence-electron chi connectivity index (χ0n) is 20.3. The van der Waals surface area contributed by atoms with Gasteiger partial charge in [-0.15, -0.1) is 10.2 Å². The van der Waals surface area contributed by atoms with Gasteiger partial charge in [-0.05, 0) is 44.5 Å². The van der Waals surface area contributed by atoms with Crippen LogP contribution in [-0.4, -0.2) is 31.7 Å². The average molecular weight is 499 g/mol. The Bertz CT molecular complexity index is 1150. The van der Waals surface area contributed by atoms with Gasteiger partial charge in [-0.3, -0.25) is 9.59 Å². The molecule has 3 aromatic rings. The standard InChI is InChI=1S/C26H31FN4O3S/c1-4-5-6-9-15-31-24(17-34-23-14-8-7-13-22(23)27)29-30-26(31)35-19(3)25(33)28-21-12-10-11-20(16-21)18(2)32/h7-8,10-14,16,19H,4-6,9,15,17H2,1-3H3,(H,28,33). The summed E-state index contributed by atoms with van der Waals surface area (Å²) in [7, 11) is 0. The Morgan fingerprint density at radius 3 is 2.66 bits per heavy atom. The molecule has 1 unspecified atom stereocenters. The molecule has 1 heterocycles. The number of hydrogen-bond donors (Lipinski definition) is 1. The van der Waals surface area contributed by atoms with Crippen LogP contribution in [0.25, 0.3) is 0 Å². The Morgan fingerprint density at radius 2 is 1.91 bits per heavy atom. The number of ketones is 1. The van der Waals surface area contributed by atoms with Crippen LogP contribution in [0, 0.1) is 5.82 Å². The lowest BCUT2D eigenvalue weighted by Gasteiger charge is -2.14. The Balaban J connectivity index is 1.70. The van der Waals surface area contributed by atoms with Crippen molar-refractivity contribution in [3.8, 4) is 5.75 Å². The number of amides is 1. The summed E-state index contributed by atoms with van der Waals surface area (Å²) in [6.45, 7) is 6.18. The summed E-state index contributed by atoms with van der Waals surface area (Å²) in [5.41, 5.74) is 1.10. The number of Topliss-reactive ketones (excluding diaryl/α,β-unsaturated/α-hetero) is 1. The van der Waals surface area contributed by atoms with Crippen LogP contribution < -0.4 is 10.1 Å². The molecule has 1 atom stereocenters. The topological polar surface area (TPSA) is 86.1 Å². The van der Waals surface area contributed by atoms with Crippen molar-refractivity contribution in [3.63, 3.8) is 0 Å². The van der Waals surface area contributed by atoms with E-state index in [-0.39, 0.29) is 24.0 Å². The minimum Gasteiger partial charge on any atom is -0.483 e. The number of hydrogen-bond acceptors (Lipinski definition) is 6. The lowest BCUT2D eigenvalue weighted by Crippen LogP contribution is -2.23. The number of nitrogens with one attached hydrogen (secondary N) is 1. The summed E-state index contributed by atoms with van der Waals surface area (Å²) < 4.78 is 21.6. The summed E-state index contributed by atoms with van der Waals surface area (Å²) in [5.74, 6) is 0.0252. The summed E-state index contributed by atoms with van der Waals surface area (Å²) >= 11 is 1.30. The van der Waals surface area contributed by atoms with E-state index in [1.165, 1.54) is 24.8 Å². The molecule has 1 aromatic heterocycles. The number of ether oxygens (including phenoxy) is 1. The minimum absolute atomic E-state index is 0.0650. The van der Waals surface area contributed by atoms with Crippen LogP contribution in [0.3, 0.4) is 0 Å². The summed E-state index contributed by atoms with van der Waals surface area (Å²) in [6, 6.07) is 13.1. The Kier molecular flexibility index (Phi) is 9.84. The number of carbonyl (C=O) groups excluding carboxylic acids is 2. The number of unbranched alkanes of at least 4 members (excludes halogenated alkanes) is 3. The van der Waals surface area contributed by atoms with Gasteiger partial charge in [-0.1, -0.05) is 62.2 Å². The number of anilines is 1. The van der Waals surface area contributed by atoms with Crippen LogP contribution in [0.5, 0.6) is 5.75 Å². The Hall–Kier alpha value is -3.20. The van der Waals surface area contributed by atoms with E-state index in [9.17, 15) is 14.0 Å². The molecule has 0 aliphatic heterocycles. The molecule has 2 aromatic carbocycles. The van der Waals surface area contributed by atoms with Gasteiger partial charge in [0.2, 0.25) is 5.91 Å². The molecule has 7 nitrogen and oxygen atoms in total. The van der Waals surface area contributed by atoms with Crippen molar-refractivity contribution < 1.29 is 18.7 Å². The molecule has 0 saturated carbocycles. The number of halogens is 1. The first-order valence-corrected chi connectivity index (χ1v) is 12.6. The molecule has 9 heteroatoms. The number of benzene rings is 2. The van der Waals surface area contributed by atoms with Crippen LogP contribution in [0.15, 0.2) is 53.7 Å². The fourth-order valence-corrected chi connectivity index (χ4v) is 4.30. The molecule has 0 radical (unpaired) electrons. The van der Waals surface area contributed by atoms with E-state index in [0.717, 1.165) is 25.7 Å². The fourth-order valence-electron chi connectivity index (χ4n) is 3.41. The van der Waals surface area contributed by atoms with Gasteiger partial charge in [0.15, 0.2) is 28.3 Å². The lowest BCUT2D eigenvalue weighted by atomic mass is 10.1. The summed E-state index contributed by atoms with van der Waals surface area (Å²) in [4.78, 5) is 24.4. The minimum atomic E-state index is -0.463. The van der Waals surface area contributed by atoms with E-state index in [1.807, 2.05) is 4.57 Å². The van der Waals surface area contributed by atoms with Gasteiger partial charge in [0.25, 0.3) is 0 Å². The molecule has 1 amide bonds. The molecule has 0 aliphatic carbocycles. The number of thioether (sulfide) groups is 1. The van der Waals surface area contributed by atoms with Gasteiger partial charge in [-0.2, -0.15) is 0 Å². The predicted molar refractivity (Wildman–Crippen MR) is 135 cm³/mol. The van der Waals surface area contributed by atoms with Crippen molar-refractivity contribution >= 4 is 29.1 Å². The third-order valence-corrected chi connectivity index (χ3v) is 6.49. The second-order valence-electron chi connectivity index (χ2n) is 8.22. The molecular formula is C26H31FN4O3S. The number of para-hydroxylation sites is 1. The quantitative estimate of drug-likeness (QED) is 0.179. The SMILES string of the molecule is CCCCCCn1c(COc2ccccc2F)nnc1SC(C)C(=O)Nc1cccc(C(C)=O)c1. The molecule has 0 fully saturated rings. The van der Waals surface area contributed by atoms with Gasteiger partial charge < -0.3 is 14.6 Å². The van der Waals surface area contributed by atoms with Crippen molar-refractivity contribution in [3.05, 3.63) is 65.7 Å². The van der Waals surface area contributed by atoms with Gasteiger partial charge >= 0.3 is 0 Å².